The second-order valence-corrected chi connectivity index (χ2v) is 7.87. The summed E-state index contributed by atoms with van der Waals surface area (Å²) in [5.41, 5.74) is 1.02. The Bertz CT molecular complexity index is 961. The topological polar surface area (TPSA) is 55.9 Å². The standard InChI is InChI=1S/C24H28N2O3/c1-17(18-7-8-20-15-21(28-2)10-9-19(20)14-18)24(27)25-16-22(23-6-5-13-29-23)26-11-3-4-12-26/h5-10,13-15,17,22H,3-4,11-12,16H2,1-2H3,(H,25,27)/p+1/t17-,22-/m0/s1. The first-order chi connectivity index (χ1) is 14.2. The molecule has 152 valence electrons. The number of methoxy groups -OCH3 is 1. The number of likely N-dealkylation sites (tertiary alicyclic amines) is 1. The predicted octanol–water partition coefficient (Wildman–Crippen LogP) is 3.08. The first-order valence-electron chi connectivity index (χ1n) is 10.4. The quantitative estimate of drug-likeness (QED) is 0.649. The van der Waals surface area contributed by atoms with Gasteiger partial charge in [0.2, 0.25) is 5.91 Å². The first-order valence-corrected chi connectivity index (χ1v) is 10.4. The maximum absolute atomic E-state index is 12.9. The van der Waals surface area contributed by atoms with Gasteiger partial charge in [-0.3, -0.25) is 4.79 Å². The fraction of sp³-hybridized carbons (Fsp3) is 0.375. The Labute approximate surface area is 171 Å². The summed E-state index contributed by atoms with van der Waals surface area (Å²) >= 11 is 0. The maximum Gasteiger partial charge on any atom is 0.227 e. The summed E-state index contributed by atoms with van der Waals surface area (Å²) in [4.78, 5) is 14.4. The van der Waals surface area contributed by atoms with Crippen LogP contribution in [-0.2, 0) is 4.79 Å². The van der Waals surface area contributed by atoms with Crippen molar-refractivity contribution in [1.29, 1.82) is 0 Å². The maximum atomic E-state index is 12.9. The second kappa shape index (κ2) is 8.70. The minimum absolute atomic E-state index is 0.0491. The number of furan rings is 1. The lowest BCUT2D eigenvalue weighted by Gasteiger charge is -2.24. The molecule has 2 heterocycles. The van der Waals surface area contributed by atoms with E-state index < -0.39 is 0 Å². The van der Waals surface area contributed by atoms with E-state index in [1.54, 1.807) is 13.4 Å². The number of fused-ring (bicyclic) bond motifs is 1. The zero-order valence-electron chi connectivity index (χ0n) is 17.1. The van der Waals surface area contributed by atoms with Crippen molar-refractivity contribution in [2.75, 3.05) is 26.7 Å². The second-order valence-electron chi connectivity index (χ2n) is 7.87. The fourth-order valence-corrected chi connectivity index (χ4v) is 4.26. The van der Waals surface area contributed by atoms with Crippen molar-refractivity contribution < 1.29 is 18.8 Å². The molecule has 0 spiro atoms. The minimum atomic E-state index is -0.215. The predicted molar refractivity (Wildman–Crippen MR) is 113 cm³/mol. The smallest absolute Gasteiger partial charge is 0.227 e. The molecule has 2 N–H and O–H groups in total. The Hall–Kier alpha value is -2.79. The van der Waals surface area contributed by atoms with Gasteiger partial charge < -0.3 is 19.4 Å². The van der Waals surface area contributed by atoms with Gasteiger partial charge >= 0.3 is 0 Å². The average Bonchev–Trinajstić information content (AvgIpc) is 3.47. The number of amides is 1. The van der Waals surface area contributed by atoms with E-state index in [-0.39, 0.29) is 17.9 Å². The SMILES string of the molecule is COc1ccc2cc([C@H](C)C(=O)NC[C@@H](c3ccco3)[NH+]3CCCC3)ccc2c1. The summed E-state index contributed by atoms with van der Waals surface area (Å²) in [6.07, 6.45) is 4.18. The molecule has 5 nitrogen and oxygen atoms in total. The Kier molecular flexibility index (Phi) is 5.86. The van der Waals surface area contributed by atoms with Gasteiger partial charge in [-0.1, -0.05) is 24.3 Å². The van der Waals surface area contributed by atoms with Gasteiger partial charge in [0.1, 0.15) is 5.75 Å². The van der Waals surface area contributed by atoms with E-state index in [1.807, 2.05) is 43.3 Å². The molecule has 1 fully saturated rings. The minimum Gasteiger partial charge on any atom is -0.497 e. The molecule has 0 unspecified atom stereocenters. The van der Waals surface area contributed by atoms with Gasteiger partial charge in [-0.05, 0) is 47.5 Å². The molecule has 2 atom stereocenters. The van der Waals surface area contributed by atoms with Crippen LogP contribution in [0.4, 0.5) is 0 Å². The highest BCUT2D eigenvalue weighted by atomic mass is 16.5. The number of quaternary nitrogens is 1. The molecule has 29 heavy (non-hydrogen) atoms. The summed E-state index contributed by atoms with van der Waals surface area (Å²) in [5, 5.41) is 5.39. The lowest BCUT2D eigenvalue weighted by Crippen LogP contribution is -3.11. The van der Waals surface area contributed by atoms with Gasteiger partial charge in [0.05, 0.1) is 38.9 Å². The van der Waals surface area contributed by atoms with Gasteiger partial charge in [0.25, 0.3) is 0 Å². The Morgan fingerprint density at radius 2 is 1.90 bits per heavy atom. The van der Waals surface area contributed by atoms with Crippen LogP contribution < -0.4 is 15.0 Å². The lowest BCUT2D eigenvalue weighted by molar-refractivity contribution is -0.919. The number of hydrogen-bond acceptors (Lipinski definition) is 3. The largest absolute Gasteiger partial charge is 0.497 e. The number of carbonyl (C=O) groups excluding carboxylic acids is 1. The van der Waals surface area contributed by atoms with Crippen LogP contribution in [0.2, 0.25) is 0 Å². The lowest BCUT2D eigenvalue weighted by atomic mass is 9.97. The van der Waals surface area contributed by atoms with Crippen LogP contribution >= 0.6 is 0 Å². The van der Waals surface area contributed by atoms with E-state index in [9.17, 15) is 4.79 Å². The molecule has 3 aromatic rings. The van der Waals surface area contributed by atoms with Gasteiger partial charge in [-0.25, -0.2) is 0 Å². The molecule has 0 aliphatic carbocycles. The molecule has 5 heteroatoms. The van der Waals surface area contributed by atoms with Crippen LogP contribution in [0.3, 0.4) is 0 Å². The number of hydrogen-bond donors (Lipinski definition) is 2. The van der Waals surface area contributed by atoms with Crippen molar-refractivity contribution in [2.24, 2.45) is 0 Å². The fourth-order valence-electron chi connectivity index (χ4n) is 4.26. The summed E-state index contributed by atoms with van der Waals surface area (Å²) in [6.45, 7) is 4.82. The molecular weight excluding hydrogens is 364 g/mol. The van der Waals surface area contributed by atoms with Gasteiger partial charge in [-0.15, -0.1) is 0 Å². The van der Waals surface area contributed by atoms with E-state index in [4.69, 9.17) is 9.15 Å². The molecule has 0 bridgehead atoms. The van der Waals surface area contributed by atoms with Crippen molar-refractivity contribution in [2.45, 2.75) is 31.7 Å². The highest BCUT2D eigenvalue weighted by molar-refractivity contribution is 5.88. The first kappa shape index (κ1) is 19.5. The highest BCUT2D eigenvalue weighted by Crippen LogP contribution is 2.25. The van der Waals surface area contributed by atoms with Crippen molar-refractivity contribution >= 4 is 16.7 Å². The van der Waals surface area contributed by atoms with Crippen LogP contribution in [0.1, 0.15) is 43.0 Å². The molecule has 0 radical (unpaired) electrons. The normalized spacial score (nSPS) is 16.6. The van der Waals surface area contributed by atoms with Crippen LogP contribution in [0.25, 0.3) is 10.8 Å². The molecule has 1 amide bonds. The van der Waals surface area contributed by atoms with Crippen LogP contribution in [0.5, 0.6) is 5.75 Å². The van der Waals surface area contributed by atoms with Crippen LogP contribution in [0.15, 0.2) is 59.2 Å². The van der Waals surface area contributed by atoms with Gasteiger partial charge in [0.15, 0.2) is 11.8 Å². The molecule has 1 aliphatic rings. The van der Waals surface area contributed by atoms with Gasteiger partial charge in [0, 0.05) is 12.8 Å². The molecule has 2 aromatic carbocycles. The monoisotopic (exact) mass is 393 g/mol. The van der Waals surface area contributed by atoms with E-state index >= 15 is 0 Å². The van der Waals surface area contributed by atoms with Crippen LogP contribution in [-0.4, -0.2) is 32.7 Å². The Morgan fingerprint density at radius 1 is 1.14 bits per heavy atom. The van der Waals surface area contributed by atoms with E-state index in [1.165, 1.54) is 17.7 Å². The molecule has 4 rings (SSSR count). The van der Waals surface area contributed by atoms with Crippen molar-refractivity contribution in [3.63, 3.8) is 0 Å². The number of rotatable bonds is 7. The molecule has 1 aliphatic heterocycles. The van der Waals surface area contributed by atoms with E-state index in [0.717, 1.165) is 40.9 Å². The van der Waals surface area contributed by atoms with Crippen molar-refractivity contribution in [3.8, 4) is 5.75 Å². The molecular formula is C24H29N2O3+. The average molecular weight is 394 g/mol. The number of nitrogens with one attached hydrogen (secondary N) is 2. The summed E-state index contributed by atoms with van der Waals surface area (Å²) in [6, 6.07) is 16.3. The van der Waals surface area contributed by atoms with Crippen molar-refractivity contribution in [1.82, 2.24) is 5.32 Å². The number of ether oxygens (including phenoxy) is 1. The zero-order chi connectivity index (χ0) is 20.2. The zero-order valence-corrected chi connectivity index (χ0v) is 17.1. The third-order valence-electron chi connectivity index (χ3n) is 6.07. The summed E-state index contributed by atoms with van der Waals surface area (Å²) in [7, 11) is 1.67. The van der Waals surface area contributed by atoms with E-state index in [0.29, 0.717) is 6.54 Å². The Morgan fingerprint density at radius 3 is 2.62 bits per heavy atom. The molecule has 1 saturated heterocycles. The summed E-state index contributed by atoms with van der Waals surface area (Å²) < 4.78 is 11.0. The summed E-state index contributed by atoms with van der Waals surface area (Å²) in [5.74, 6) is 1.62. The van der Waals surface area contributed by atoms with Crippen molar-refractivity contribution in [3.05, 3.63) is 66.1 Å². The highest BCUT2D eigenvalue weighted by Gasteiger charge is 2.30. The third kappa shape index (κ3) is 4.30. The third-order valence-corrected chi connectivity index (χ3v) is 6.07. The number of carbonyl (C=O) groups is 1. The Balaban J connectivity index is 1.45. The molecule has 1 aromatic heterocycles. The van der Waals surface area contributed by atoms with E-state index in [2.05, 4.69) is 17.4 Å². The van der Waals surface area contributed by atoms with Gasteiger partial charge in [-0.2, -0.15) is 0 Å². The number of benzene rings is 2. The van der Waals surface area contributed by atoms with Crippen LogP contribution in [0, 0.1) is 0 Å². The molecule has 0 saturated carbocycles.